The Kier molecular flexibility index (Phi) is 4.14. The van der Waals surface area contributed by atoms with Crippen molar-refractivity contribution < 1.29 is 41.7 Å². The number of esters is 2. The second kappa shape index (κ2) is 6.02. The molecule has 12 heteroatoms. The fraction of sp³-hybridized carbons (Fsp3) is 0.538. The van der Waals surface area contributed by atoms with E-state index in [0.717, 1.165) is 13.0 Å². The molecular formula is C13H11F3N2O7. The molecule has 3 rings (SSSR count). The van der Waals surface area contributed by atoms with Gasteiger partial charge < -0.3 is 18.9 Å². The molecule has 0 aromatic carbocycles. The number of halogens is 3. The molecule has 0 radical (unpaired) electrons. The molecule has 0 spiro atoms. The quantitative estimate of drug-likeness (QED) is 0.687. The molecule has 25 heavy (non-hydrogen) atoms. The van der Waals surface area contributed by atoms with Gasteiger partial charge >= 0.3 is 24.1 Å². The fourth-order valence-corrected chi connectivity index (χ4v) is 2.56. The number of hydrogen-bond acceptors (Lipinski definition) is 8. The minimum atomic E-state index is -5.16. The van der Waals surface area contributed by atoms with Crippen molar-refractivity contribution in [2.75, 3.05) is 6.61 Å². The largest absolute Gasteiger partial charge is 0.490 e. The first kappa shape index (κ1) is 17.2. The van der Waals surface area contributed by atoms with Crippen LogP contribution in [0.3, 0.4) is 0 Å². The first-order valence-electron chi connectivity index (χ1n) is 6.99. The summed E-state index contributed by atoms with van der Waals surface area (Å²) in [5.74, 6) is -3.12. The van der Waals surface area contributed by atoms with Crippen LogP contribution in [0, 0.1) is 0 Å². The molecule has 3 heterocycles. The summed E-state index contributed by atoms with van der Waals surface area (Å²) in [6, 6.07) is 1.06. The summed E-state index contributed by atoms with van der Waals surface area (Å²) in [7, 11) is 0. The van der Waals surface area contributed by atoms with E-state index in [1.165, 1.54) is 10.8 Å². The first-order chi connectivity index (χ1) is 11.7. The van der Waals surface area contributed by atoms with Gasteiger partial charge in [0.15, 0.2) is 18.4 Å². The van der Waals surface area contributed by atoms with E-state index in [-0.39, 0.29) is 6.01 Å². The minimum Gasteiger partial charge on any atom is -0.456 e. The Labute approximate surface area is 137 Å². The van der Waals surface area contributed by atoms with Crippen LogP contribution in [0.15, 0.2) is 17.1 Å². The molecule has 0 saturated carbocycles. The highest BCUT2D eigenvalue weighted by Gasteiger charge is 2.54. The van der Waals surface area contributed by atoms with Crippen LogP contribution in [-0.2, 0) is 23.8 Å². The predicted molar refractivity (Wildman–Crippen MR) is 69.4 cm³/mol. The highest BCUT2D eigenvalue weighted by atomic mass is 19.4. The smallest absolute Gasteiger partial charge is 0.456 e. The lowest BCUT2D eigenvalue weighted by Crippen LogP contribution is -2.40. The van der Waals surface area contributed by atoms with Gasteiger partial charge in [-0.05, 0) is 0 Å². The number of nitrogens with zero attached hydrogens (tertiary/aromatic N) is 2. The van der Waals surface area contributed by atoms with Crippen molar-refractivity contribution in [2.45, 2.75) is 37.6 Å². The monoisotopic (exact) mass is 364 g/mol. The van der Waals surface area contributed by atoms with Crippen molar-refractivity contribution in [3.05, 3.63) is 22.6 Å². The van der Waals surface area contributed by atoms with Gasteiger partial charge in [0.1, 0.15) is 12.7 Å². The molecule has 2 aliphatic rings. The highest BCUT2D eigenvalue weighted by molar-refractivity contribution is 5.75. The van der Waals surface area contributed by atoms with Crippen LogP contribution in [0.1, 0.15) is 13.2 Å². The number of hydrogen-bond donors (Lipinski definition) is 0. The molecule has 1 aromatic rings. The third kappa shape index (κ3) is 3.29. The first-order valence-corrected chi connectivity index (χ1v) is 6.99. The lowest BCUT2D eigenvalue weighted by atomic mass is 10.1. The molecular weight excluding hydrogens is 353 g/mol. The molecule has 0 aliphatic carbocycles. The van der Waals surface area contributed by atoms with Crippen LogP contribution >= 0.6 is 0 Å². The van der Waals surface area contributed by atoms with Crippen LogP contribution in [0.25, 0.3) is 0 Å². The predicted octanol–water partition coefficient (Wildman–Crippen LogP) is -0.0611. The zero-order chi connectivity index (χ0) is 18.4. The zero-order valence-electron chi connectivity index (χ0n) is 12.6. The molecule has 0 bridgehead atoms. The maximum Gasteiger partial charge on any atom is 0.490 e. The second-order valence-electron chi connectivity index (χ2n) is 5.27. The van der Waals surface area contributed by atoms with Gasteiger partial charge in [0, 0.05) is 19.2 Å². The minimum absolute atomic E-state index is 0.0783. The molecule has 2 aliphatic heterocycles. The average Bonchev–Trinajstić information content (AvgIpc) is 2.99. The Bertz CT molecular complexity index is 763. The number of carbonyl (C=O) groups is 2. The van der Waals surface area contributed by atoms with Crippen LogP contribution in [-0.4, -0.2) is 52.6 Å². The molecule has 4 atom stereocenters. The topological polar surface area (TPSA) is 106 Å². The molecule has 136 valence electrons. The van der Waals surface area contributed by atoms with Crippen LogP contribution in [0.2, 0.25) is 0 Å². The van der Waals surface area contributed by atoms with Crippen molar-refractivity contribution in [3.8, 4) is 6.01 Å². The van der Waals surface area contributed by atoms with Gasteiger partial charge in [-0.25, -0.2) is 4.79 Å². The lowest BCUT2D eigenvalue weighted by molar-refractivity contribution is -0.204. The normalized spacial score (nSPS) is 27.2. The van der Waals surface area contributed by atoms with Gasteiger partial charge in [-0.1, -0.05) is 0 Å². The summed E-state index contributed by atoms with van der Waals surface area (Å²) in [5.41, 5.74) is -0.564. The Hall–Kier alpha value is -2.63. The molecule has 1 fully saturated rings. The van der Waals surface area contributed by atoms with E-state index in [0.29, 0.717) is 0 Å². The third-order valence-corrected chi connectivity index (χ3v) is 3.52. The van der Waals surface area contributed by atoms with Gasteiger partial charge in [-0.3, -0.25) is 14.2 Å². The molecule has 4 unspecified atom stereocenters. The standard InChI is InChI=1S/C13H11F3N2O7/c1-5(19)23-8-6(4-22-11(21)13(14,15)16)24-10-9(8)25-12-17-7(20)2-3-18(10)12/h2-3,6,8-10H,4H2,1H3. The summed E-state index contributed by atoms with van der Waals surface area (Å²) >= 11 is 0. The Morgan fingerprint density at radius 2 is 2.12 bits per heavy atom. The summed E-state index contributed by atoms with van der Waals surface area (Å²) in [5, 5.41) is 0. The Morgan fingerprint density at radius 1 is 1.40 bits per heavy atom. The maximum absolute atomic E-state index is 12.2. The maximum atomic E-state index is 12.2. The average molecular weight is 364 g/mol. The molecule has 1 aromatic heterocycles. The Balaban J connectivity index is 1.78. The van der Waals surface area contributed by atoms with Gasteiger partial charge in [-0.2, -0.15) is 18.2 Å². The van der Waals surface area contributed by atoms with Crippen LogP contribution in [0.4, 0.5) is 13.2 Å². The summed E-state index contributed by atoms with van der Waals surface area (Å²) in [4.78, 5) is 37.0. The number of ether oxygens (including phenoxy) is 4. The summed E-state index contributed by atoms with van der Waals surface area (Å²) < 4.78 is 58.1. The molecule has 0 N–H and O–H groups in total. The number of alkyl halides is 3. The van der Waals surface area contributed by atoms with Crippen molar-refractivity contribution in [3.63, 3.8) is 0 Å². The van der Waals surface area contributed by atoms with Gasteiger partial charge in [0.05, 0.1) is 0 Å². The van der Waals surface area contributed by atoms with E-state index in [4.69, 9.17) is 14.2 Å². The van der Waals surface area contributed by atoms with E-state index >= 15 is 0 Å². The van der Waals surface area contributed by atoms with E-state index < -0.39 is 54.8 Å². The molecule has 9 nitrogen and oxygen atoms in total. The lowest BCUT2D eigenvalue weighted by Gasteiger charge is -2.21. The van der Waals surface area contributed by atoms with Crippen LogP contribution in [0.5, 0.6) is 6.01 Å². The van der Waals surface area contributed by atoms with Crippen molar-refractivity contribution in [1.82, 2.24) is 9.55 Å². The highest BCUT2D eigenvalue weighted by Crippen LogP contribution is 2.40. The summed E-state index contributed by atoms with van der Waals surface area (Å²) in [6.45, 7) is 0.297. The van der Waals surface area contributed by atoms with E-state index in [1.54, 1.807) is 0 Å². The van der Waals surface area contributed by atoms with E-state index in [2.05, 4.69) is 9.72 Å². The van der Waals surface area contributed by atoms with E-state index in [1.807, 2.05) is 0 Å². The fourth-order valence-electron chi connectivity index (χ4n) is 2.56. The zero-order valence-corrected chi connectivity index (χ0v) is 12.6. The van der Waals surface area contributed by atoms with Gasteiger partial charge in [0.2, 0.25) is 0 Å². The number of aromatic nitrogens is 2. The van der Waals surface area contributed by atoms with Crippen molar-refractivity contribution in [1.29, 1.82) is 0 Å². The van der Waals surface area contributed by atoms with Crippen molar-refractivity contribution in [2.24, 2.45) is 0 Å². The van der Waals surface area contributed by atoms with Gasteiger partial charge in [0.25, 0.3) is 5.56 Å². The molecule has 1 saturated heterocycles. The number of fused-ring (bicyclic) bond motifs is 3. The van der Waals surface area contributed by atoms with Gasteiger partial charge in [-0.15, -0.1) is 0 Å². The van der Waals surface area contributed by atoms with Crippen LogP contribution < -0.4 is 10.3 Å². The SMILES string of the molecule is CC(=O)OC1C(COC(=O)C(F)(F)F)OC2C1Oc1nc(=O)ccn12. The summed E-state index contributed by atoms with van der Waals surface area (Å²) in [6.07, 6.45) is -8.02. The number of carbonyl (C=O) groups excluding carboxylic acids is 2. The van der Waals surface area contributed by atoms with Crippen molar-refractivity contribution >= 4 is 11.9 Å². The Morgan fingerprint density at radius 3 is 2.76 bits per heavy atom. The second-order valence-corrected chi connectivity index (χ2v) is 5.27. The molecule has 0 amide bonds. The third-order valence-electron chi connectivity index (χ3n) is 3.52. The van der Waals surface area contributed by atoms with E-state index in [9.17, 15) is 27.6 Å². The number of rotatable bonds is 3.